The van der Waals surface area contributed by atoms with Gasteiger partial charge in [0.25, 0.3) is 0 Å². The number of hydrogen-bond donors (Lipinski definition) is 1. The van der Waals surface area contributed by atoms with Crippen molar-refractivity contribution in [2.24, 2.45) is 0 Å². The summed E-state index contributed by atoms with van der Waals surface area (Å²) in [7, 11) is 0. The first-order chi connectivity index (χ1) is 11.8. The Morgan fingerprint density at radius 1 is 0.750 bits per heavy atom. The Bertz CT molecular complexity index is 1210. The molecule has 5 rings (SSSR count). The zero-order chi connectivity index (χ0) is 16.1. The molecule has 2 aromatic heterocycles. The van der Waals surface area contributed by atoms with Crippen LogP contribution in [-0.4, -0.2) is 14.5 Å². The minimum atomic E-state index is 0.254. The molecule has 0 saturated carbocycles. The lowest BCUT2D eigenvalue weighted by Gasteiger charge is -2.08. The molecular weight excluding hydrogens is 296 g/mol. The van der Waals surface area contributed by atoms with Crippen molar-refractivity contribution in [3.63, 3.8) is 0 Å². The van der Waals surface area contributed by atoms with Crippen LogP contribution in [0, 0.1) is 0 Å². The number of hydrogen-bond acceptors (Lipinski definition) is 2. The minimum absolute atomic E-state index is 0.254. The Morgan fingerprint density at radius 2 is 1.54 bits per heavy atom. The van der Waals surface area contributed by atoms with Crippen LogP contribution in [-0.2, 0) is 0 Å². The van der Waals surface area contributed by atoms with Crippen LogP contribution in [0.5, 0.6) is 5.75 Å². The van der Waals surface area contributed by atoms with Crippen LogP contribution in [0.15, 0.2) is 79.0 Å². The number of rotatable bonds is 1. The summed E-state index contributed by atoms with van der Waals surface area (Å²) >= 11 is 0. The summed E-state index contributed by atoms with van der Waals surface area (Å²) in [6, 6.07) is 23.9. The normalized spacial score (nSPS) is 11.5. The van der Waals surface area contributed by atoms with Crippen molar-refractivity contribution in [3.05, 3.63) is 79.0 Å². The molecule has 2 heterocycles. The topological polar surface area (TPSA) is 37.5 Å². The number of imidazole rings is 1. The average Bonchev–Trinajstić information content (AvgIpc) is 3.08. The van der Waals surface area contributed by atoms with Crippen molar-refractivity contribution < 1.29 is 5.11 Å². The fourth-order valence-electron chi connectivity index (χ4n) is 3.37. The quantitative estimate of drug-likeness (QED) is 0.442. The van der Waals surface area contributed by atoms with Gasteiger partial charge in [-0.1, -0.05) is 48.5 Å². The van der Waals surface area contributed by atoms with Gasteiger partial charge in [-0.2, -0.15) is 0 Å². The van der Waals surface area contributed by atoms with Gasteiger partial charge in [-0.25, -0.2) is 4.98 Å². The molecule has 0 atom stereocenters. The lowest BCUT2D eigenvalue weighted by molar-refractivity contribution is 0.476. The highest BCUT2D eigenvalue weighted by atomic mass is 16.3. The van der Waals surface area contributed by atoms with E-state index in [4.69, 9.17) is 4.98 Å². The van der Waals surface area contributed by atoms with Crippen LogP contribution in [0.1, 0.15) is 0 Å². The van der Waals surface area contributed by atoms with Crippen LogP contribution in [0.4, 0.5) is 0 Å². The smallest absolute Gasteiger partial charge is 0.146 e. The monoisotopic (exact) mass is 310 g/mol. The van der Waals surface area contributed by atoms with Crippen LogP contribution in [0.25, 0.3) is 38.6 Å². The summed E-state index contributed by atoms with van der Waals surface area (Å²) < 4.78 is 2.11. The van der Waals surface area contributed by atoms with Gasteiger partial charge in [0.2, 0.25) is 0 Å². The second-order valence-corrected chi connectivity index (χ2v) is 5.93. The van der Waals surface area contributed by atoms with Crippen molar-refractivity contribution in [3.8, 4) is 17.0 Å². The molecule has 5 aromatic rings. The van der Waals surface area contributed by atoms with E-state index >= 15 is 0 Å². The van der Waals surface area contributed by atoms with Crippen LogP contribution >= 0.6 is 0 Å². The van der Waals surface area contributed by atoms with Crippen molar-refractivity contribution >= 4 is 27.3 Å². The fraction of sp³-hybridized carbons (Fsp3) is 0. The summed E-state index contributed by atoms with van der Waals surface area (Å²) in [5.74, 6) is 0.254. The predicted molar refractivity (Wildman–Crippen MR) is 97.3 cm³/mol. The summed E-state index contributed by atoms with van der Waals surface area (Å²) in [5.41, 5.74) is 3.98. The molecule has 0 amide bonds. The Kier molecular flexibility index (Phi) is 2.65. The molecule has 0 aliphatic heterocycles. The van der Waals surface area contributed by atoms with Crippen molar-refractivity contribution in [1.82, 2.24) is 9.38 Å². The number of benzene rings is 3. The van der Waals surface area contributed by atoms with Crippen molar-refractivity contribution in [2.45, 2.75) is 0 Å². The van der Waals surface area contributed by atoms with E-state index in [0.29, 0.717) is 0 Å². The lowest BCUT2D eigenvalue weighted by Crippen LogP contribution is -1.89. The van der Waals surface area contributed by atoms with E-state index in [-0.39, 0.29) is 5.75 Å². The van der Waals surface area contributed by atoms with Gasteiger partial charge in [-0.3, -0.25) is 4.40 Å². The number of para-hydroxylation sites is 1. The summed E-state index contributed by atoms with van der Waals surface area (Å²) in [5, 5.41) is 13.2. The second-order valence-electron chi connectivity index (χ2n) is 5.93. The molecule has 0 aliphatic carbocycles. The molecule has 0 radical (unpaired) electrons. The van der Waals surface area contributed by atoms with E-state index in [0.717, 1.165) is 38.6 Å². The first-order valence-corrected chi connectivity index (χ1v) is 7.89. The maximum Gasteiger partial charge on any atom is 0.146 e. The Morgan fingerprint density at radius 3 is 2.42 bits per heavy atom. The minimum Gasteiger partial charge on any atom is -0.508 e. The number of fused-ring (bicyclic) bond motifs is 6. The van der Waals surface area contributed by atoms with E-state index in [2.05, 4.69) is 34.9 Å². The van der Waals surface area contributed by atoms with E-state index in [1.165, 1.54) is 0 Å². The Hall–Kier alpha value is -3.33. The molecule has 3 nitrogen and oxygen atoms in total. The van der Waals surface area contributed by atoms with Gasteiger partial charge in [0.15, 0.2) is 0 Å². The number of phenols is 1. The lowest BCUT2D eigenvalue weighted by atomic mass is 10.1. The summed E-state index contributed by atoms with van der Waals surface area (Å²) in [4.78, 5) is 4.85. The maximum atomic E-state index is 9.95. The van der Waals surface area contributed by atoms with Gasteiger partial charge in [0, 0.05) is 22.5 Å². The average molecular weight is 310 g/mol. The highest BCUT2D eigenvalue weighted by Crippen LogP contribution is 2.33. The molecule has 24 heavy (non-hydrogen) atoms. The number of aromatic nitrogens is 2. The zero-order valence-electron chi connectivity index (χ0n) is 12.8. The third kappa shape index (κ3) is 1.82. The van der Waals surface area contributed by atoms with Crippen LogP contribution < -0.4 is 0 Å². The molecule has 1 N–H and O–H groups in total. The molecule has 0 spiro atoms. The number of pyridine rings is 1. The molecule has 3 heteroatoms. The molecule has 114 valence electrons. The highest BCUT2D eigenvalue weighted by Gasteiger charge is 2.12. The molecule has 0 saturated heterocycles. The van der Waals surface area contributed by atoms with Gasteiger partial charge in [-0.05, 0) is 29.7 Å². The van der Waals surface area contributed by atoms with Crippen LogP contribution in [0.3, 0.4) is 0 Å². The molecule has 0 fully saturated rings. The van der Waals surface area contributed by atoms with E-state index in [1.807, 2.05) is 36.4 Å². The molecule has 0 aliphatic rings. The van der Waals surface area contributed by atoms with Gasteiger partial charge in [-0.15, -0.1) is 0 Å². The van der Waals surface area contributed by atoms with Gasteiger partial charge < -0.3 is 5.11 Å². The summed E-state index contributed by atoms with van der Waals surface area (Å²) in [6.07, 6.45) is 2.07. The third-order valence-corrected chi connectivity index (χ3v) is 4.47. The van der Waals surface area contributed by atoms with Gasteiger partial charge in [0.05, 0.1) is 11.2 Å². The SMILES string of the molecule is Oc1ccc2c3ccccc3n3cc(-c4ccccc4)nc3c2c1. The standard InChI is InChI=1S/C21H14N2O/c24-15-10-11-16-17-8-4-5-9-20(17)23-13-19(14-6-2-1-3-7-14)22-21(23)18(16)12-15/h1-13,24H. The molecule has 3 aromatic carbocycles. The summed E-state index contributed by atoms with van der Waals surface area (Å²) in [6.45, 7) is 0. The van der Waals surface area contributed by atoms with E-state index in [9.17, 15) is 5.11 Å². The van der Waals surface area contributed by atoms with E-state index < -0.39 is 0 Å². The number of phenolic OH excluding ortho intramolecular Hbond substituents is 1. The first kappa shape index (κ1) is 13.1. The van der Waals surface area contributed by atoms with Crippen LogP contribution in [0.2, 0.25) is 0 Å². The molecular formula is C21H14N2O. The first-order valence-electron chi connectivity index (χ1n) is 7.89. The largest absolute Gasteiger partial charge is 0.508 e. The van der Waals surface area contributed by atoms with Gasteiger partial charge in [0.1, 0.15) is 11.4 Å². The predicted octanol–water partition coefficient (Wildman–Crippen LogP) is 5.01. The fourth-order valence-corrected chi connectivity index (χ4v) is 3.37. The zero-order valence-corrected chi connectivity index (χ0v) is 12.8. The van der Waals surface area contributed by atoms with Crippen molar-refractivity contribution in [1.29, 1.82) is 0 Å². The Balaban J connectivity index is 1.99. The molecule has 0 unspecified atom stereocenters. The maximum absolute atomic E-state index is 9.95. The second kappa shape index (κ2) is 4.83. The number of aromatic hydroxyl groups is 1. The third-order valence-electron chi connectivity index (χ3n) is 4.47. The van der Waals surface area contributed by atoms with E-state index in [1.54, 1.807) is 12.1 Å². The Labute approximate surface area is 138 Å². The molecule has 0 bridgehead atoms. The van der Waals surface area contributed by atoms with Crippen molar-refractivity contribution in [2.75, 3.05) is 0 Å². The van der Waals surface area contributed by atoms with Gasteiger partial charge >= 0.3 is 0 Å². The number of nitrogens with zero attached hydrogens (tertiary/aromatic N) is 2. The highest BCUT2D eigenvalue weighted by molar-refractivity contribution is 6.12.